The third-order valence-electron chi connectivity index (χ3n) is 4.43. The lowest BCUT2D eigenvalue weighted by molar-refractivity contribution is 0.0951. The molecule has 2 aromatic heterocycles. The summed E-state index contributed by atoms with van der Waals surface area (Å²) < 4.78 is 15.0. The van der Waals surface area contributed by atoms with Gasteiger partial charge in [-0.2, -0.15) is 5.10 Å². The van der Waals surface area contributed by atoms with E-state index in [0.29, 0.717) is 17.9 Å². The lowest BCUT2D eigenvalue weighted by Gasteiger charge is -2.20. The van der Waals surface area contributed by atoms with Gasteiger partial charge in [-0.3, -0.25) is 4.79 Å². The van der Waals surface area contributed by atoms with Gasteiger partial charge in [-0.25, -0.2) is 13.9 Å². The molecule has 23 heavy (non-hydrogen) atoms. The summed E-state index contributed by atoms with van der Waals surface area (Å²) in [6, 6.07) is 6.33. The Morgan fingerprint density at radius 1 is 1.22 bits per heavy atom. The van der Waals surface area contributed by atoms with Crippen molar-refractivity contribution in [2.24, 2.45) is 5.92 Å². The Labute approximate surface area is 133 Å². The van der Waals surface area contributed by atoms with E-state index in [1.54, 1.807) is 22.8 Å². The summed E-state index contributed by atoms with van der Waals surface area (Å²) in [7, 11) is 0. The molecule has 0 spiro atoms. The Hall–Kier alpha value is -2.56. The second kappa shape index (κ2) is 4.98. The van der Waals surface area contributed by atoms with Crippen LogP contribution in [0.25, 0.3) is 16.8 Å². The topological polar surface area (TPSA) is 47.3 Å². The van der Waals surface area contributed by atoms with E-state index in [1.807, 2.05) is 6.92 Å². The molecule has 0 fully saturated rings. The van der Waals surface area contributed by atoms with Crippen molar-refractivity contribution in [3.8, 4) is 11.1 Å². The van der Waals surface area contributed by atoms with Crippen LogP contribution in [0.3, 0.4) is 0 Å². The Balaban J connectivity index is 1.98. The Morgan fingerprint density at radius 2 is 1.96 bits per heavy atom. The largest absolute Gasteiger partial charge is 0.294 e. The molecule has 1 aromatic carbocycles. The molecule has 4 nitrogen and oxygen atoms in total. The predicted molar refractivity (Wildman–Crippen MR) is 84.9 cm³/mol. The van der Waals surface area contributed by atoms with Gasteiger partial charge in [0.05, 0.1) is 17.0 Å². The summed E-state index contributed by atoms with van der Waals surface area (Å²) in [5, 5.41) is 4.60. The third kappa shape index (κ3) is 2.15. The highest BCUT2D eigenvalue weighted by atomic mass is 19.1. The van der Waals surface area contributed by atoms with E-state index in [1.165, 1.54) is 12.1 Å². The van der Waals surface area contributed by atoms with E-state index in [0.717, 1.165) is 34.6 Å². The molecular weight excluding hydrogens is 293 g/mol. The van der Waals surface area contributed by atoms with E-state index in [9.17, 15) is 9.18 Å². The first-order valence-electron chi connectivity index (χ1n) is 7.71. The third-order valence-corrected chi connectivity index (χ3v) is 4.43. The molecule has 0 bridgehead atoms. The first-order valence-corrected chi connectivity index (χ1v) is 7.71. The van der Waals surface area contributed by atoms with Crippen LogP contribution in [0.4, 0.5) is 4.39 Å². The second-order valence-electron chi connectivity index (χ2n) is 6.26. The molecule has 0 saturated heterocycles. The number of ketones is 1. The van der Waals surface area contributed by atoms with E-state index in [-0.39, 0.29) is 11.6 Å². The molecule has 0 radical (unpaired) electrons. The fourth-order valence-corrected chi connectivity index (χ4v) is 3.35. The van der Waals surface area contributed by atoms with Crippen molar-refractivity contribution < 1.29 is 9.18 Å². The number of carbonyl (C=O) groups is 1. The Kier molecular flexibility index (Phi) is 3.04. The van der Waals surface area contributed by atoms with Gasteiger partial charge in [-0.1, -0.05) is 19.1 Å². The molecule has 0 amide bonds. The number of hydrogen-bond acceptors (Lipinski definition) is 3. The number of aromatic nitrogens is 3. The quantitative estimate of drug-likeness (QED) is 0.690. The Morgan fingerprint density at radius 3 is 2.70 bits per heavy atom. The van der Waals surface area contributed by atoms with Crippen molar-refractivity contribution in [2.45, 2.75) is 26.7 Å². The molecule has 0 unspecified atom stereocenters. The zero-order valence-electron chi connectivity index (χ0n) is 13.0. The normalized spacial score (nSPS) is 17.5. The van der Waals surface area contributed by atoms with Gasteiger partial charge in [0.1, 0.15) is 5.82 Å². The lowest BCUT2D eigenvalue weighted by Crippen LogP contribution is -2.21. The van der Waals surface area contributed by atoms with Crippen molar-refractivity contribution in [2.75, 3.05) is 0 Å². The van der Waals surface area contributed by atoms with Gasteiger partial charge in [0, 0.05) is 18.2 Å². The molecule has 116 valence electrons. The van der Waals surface area contributed by atoms with Crippen molar-refractivity contribution in [3.63, 3.8) is 0 Å². The van der Waals surface area contributed by atoms with Gasteiger partial charge in [0.2, 0.25) is 0 Å². The minimum Gasteiger partial charge on any atom is -0.294 e. The van der Waals surface area contributed by atoms with Crippen LogP contribution in [-0.2, 0) is 6.42 Å². The number of hydrogen-bond donors (Lipinski definition) is 0. The summed E-state index contributed by atoms with van der Waals surface area (Å²) in [5.41, 5.74) is 4.90. The molecule has 1 atom stereocenters. The molecule has 5 heteroatoms. The number of Topliss-reactive ketones (excluding diaryl/α,β-unsaturated/α-hetero) is 1. The number of carbonyl (C=O) groups excluding carboxylic acids is 1. The minimum absolute atomic E-state index is 0.129. The van der Waals surface area contributed by atoms with Gasteiger partial charge < -0.3 is 0 Å². The van der Waals surface area contributed by atoms with E-state index < -0.39 is 0 Å². The molecule has 0 aliphatic heterocycles. The molecule has 0 saturated carbocycles. The number of fused-ring (bicyclic) bond motifs is 3. The monoisotopic (exact) mass is 309 g/mol. The first kappa shape index (κ1) is 14.1. The average molecular weight is 309 g/mol. The highest BCUT2D eigenvalue weighted by molar-refractivity contribution is 5.98. The smallest absolute Gasteiger partial charge is 0.166 e. The van der Waals surface area contributed by atoms with Crippen LogP contribution in [0.15, 0.2) is 30.5 Å². The van der Waals surface area contributed by atoms with E-state index in [4.69, 9.17) is 0 Å². The van der Waals surface area contributed by atoms with E-state index in [2.05, 4.69) is 17.0 Å². The number of halogens is 1. The van der Waals surface area contributed by atoms with Crippen LogP contribution in [0, 0.1) is 18.7 Å². The van der Waals surface area contributed by atoms with Crippen molar-refractivity contribution >= 4 is 11.4 Å². The molecule has 4 rings (SSSR count). The zero-order chi connectivity index (χ0) is 16.1. The molecule has 1 aliphatic carbocycles. The fraction of sp³-hybridized carbons (Fsp3) is 0.278. The van der Waals surface area contributed by atoms with Crippen LogP contribution in [0.2, 0.25) is 0 Å². The number of rotatable bonds is 1. The maximum Gasteiger partial charge on any atom is 0.166 e. The van der Waals surface area contributed by atoms with Gasteiger partial charge in [0.25, 0.3) is 0 Å². The molecule has 2 heterocycles. The number of benzene rings is 1. The predicted octanol–water partition coefficient (Wildman–Crippen LogP) is 3.61. The molecule has 0 N–H and O–H groups in total. The van der Waals surface area contributed by atoms with Gasteiger partial charge in [0.15, 0.2) is 11.4 Å². The summed E-state index contributed by atoms with van der Waals surface area (Å²) in [5.74, 6) is 0.164. The average Bonchev–Trinajstić information content (AvgIpc) is 2.85. The minimum atomic E-state index is -0.271. The standard InChI is InChI=1S/C18H16FN3O/c1-10-7-15-14(16(23)8-10)9-20-18-17(11(2)21-22(15)18)12-3-5-13(19)6-4-12/h3-6,9-10H,7-8H2,1-2H3/t10-/m0/s1. The molecule has 1 aliphatic rings. The van der Waals surface area contributed by atoms with Crippen LogP contribution in [0.5, 0.6) is 0 Å². The van der Waals surface area contributed by atoms with Crippen LogP contribution in [-0.4, -0.2) is 20.4 Å². The zero-order valence-corrected chi connectivity index (χ0v) is 13.0. The molecular formula is C18H16FN3O. The maximum absolute atomic E-state index is 13.2. The van der Waals surface area contributed by atoms with Crippen LogP contribution >= 0.6 is 0 Å². The van der Waals surface area contributed by atoms with Crippen molar-refractivity contribution in [1.82, 2.24) is 14.6 Å². The number of nitrogens with zero attached hydrogens (tertiary/aromatic N) is 3. The second-order valence-corrected chi connectivity index (χ2v) is 6.26. The summed E-state index contributed by atoms with van der Waals surface area (Å²) >= 11 is 0. The van der Waals surface area contributed by atoms with Gasteiger partial charge in [-0.15, -0.1) is 0 Å². The van der Waals surface area contributed by atoms with Crippen LogP contribution < -0.4 is 0 Å². The summed E-state index contributed by atoms with van der Waals surface area (Å²) in [4.78, 5) is 16.7. The summed E-state index contributed by atoms with van der Waals surface area (Å²) in [6.07, 6.45) is 3.03. The van der Waals surface area contributed by atoms with Crippen LogP contribution in [0.1, 0.15) is 35.1 Å². The van der Waals surface area contributed by atoms with Gasteiger partial charge in [-0.05, 0) is 37.0 Å². The van der Waals surface area contributed by atoms with Gasteiger partial charge >= 0.3 is 0 Å². The van der Waals surface area contributed by atoms with Crippen molar-refractivity contribution in [3.05, 3.63) is 53.2 Å². The highest BCUT2D eigenvalue weighted by Crippen LogP contribution is 2.31. The van der Waals surface area contributed by atoms with Crippen molar-refractivity contribution in [1.29, 1.82) is 0 Å². The lowest BCUT2D eigenvalue weighted by atomic mass is 9.88. The first-order chi connectivity index (χ1) is 11.0. The molecule has 3 aromatic rings. The Bertz CT molecular complexity index is 928. The SMILES string of the molecule is Cc1nn2c3c(cnc2c1-c1ccc(F)cc1)C(=O)C[C@@H](C)C3. The fourth-order valence-electron chi connectivity index (χ4n) is 3.35. The van der Waals surface area contributed by atoms with E-state index >= 15 is 0 Å². The summed E-state index contributed by atoms with van der Waals surface area (Å²) in [6.45, 7) is 3.98. The number of aryl methyl sites for hydroxylation is 1. The maximum atomic E-state index is 13.2. The highest BCUT2D eigenvalue weighted by Gasteiger charge is 2.27.